The van der Waals surface area contributed by atoms with Crippen LogP contribution in [0.4, 0.5) is 9.59 Å². The van der Waals surface area contributed by atoms with Gasteiger partial charge in [-0.3, -0.25) is 14.9 Å². The van der Waals surface area contributed by atoms with Gasteiger partial charge >= 0.3 is 12.2 Å². The fourth-order valence-corrected chi connectivity index (χ4v) is 10.5. The van der Waals surface area contributed by atoms with Crippen molar-refractivity contribution in [2.75, 3.05) is 31.1 Å². The van der Waals surface area contributed by atoms with Crippen LogP contribution in [-0.2, 0) is 19.1 Å². The second-order valence-electron chi connectivity index (χ2n) is 12.5. The molecule has 0 aromatic carbocycles. The molecule has 2 rings (SSSR count). The summed E-state index contributed by atoms with van der Waals surface area (Å²) in [5, 5.41) is 8.24. The quantitative estimate of drug-likeness (QED) is 0.155. The molecule has 1 aliphatic carbocycles. The molecule has 0 radical (unpaired) electrons. The molecule has 2 fully saturated rings. The van der Waals surface area contributed by atoms with Crippen LogP contribution in [0.15, 0.2) is 4.99 Å². The van der Waals surface area contributed by atoms with Crippen LogP contribution < -0.4 is 16.0 Å². The molecule has 11 nitrogen and oxygen atoms in total. The molecule has 1 saturated heterocycles. The smallest absolute Gasteiger partial charge is 0.412 e. The first kappa shape index (κ1) is 36.9. The van der Waals surface area contributed by atoms with E-state index in [0.29, 0.717) is 13.1 Å². The highest BCUT2D eigenvalue weighted by atomic mass is 32.2. The van der Waals surface area contributed by atoms with Crippen LogP contribution in [0.25, 0.3) is 0 Å². The molecule has 246 valence electrons. The van der Waals surface area contributed by atoms with E-state index in [-0.39, 0.29) is 18.4 Å². The van der Waals surface area contributed by atoms with Crippen molar-refractivity contribution in [3.63, 3.8) is 0 Å². The average molecular weight is 644 g/mol. The Hall–Kier alpha value is -2.28. The van der Waals surface area contributed by atoms with Crippen LogP contribution in [-0.4, -0.2) is 92.7 Å². The number of carbonyl (C=O) groups is 4. The van der Waals surface area contributed by atoms with Gasteiger partial charge in [0, 0.05) is 20.0 Å². The van der Waals surface area contributed by atoms with Gasteiger partial charge in [-0.25, -0.2) is 14.6 Å². The second kappa shape index (κ2) is 16.7. The van der Waals surface area contributed by atoms with Gasteiger partial charge in [0.2, 0.25) is 11.8 Å². The van der Waals surface area contributed by atoms with Crippen LogP contribution in [0, 0.1) is 0 Å². The van der Waals surface area contributed by atoms with Crippen molar-refractivity contribution in [2.24, 2.45) is 4.99 Å². The molecule has 0 aromatic rings. The number of carbonyl (C=O) groups excluding carboxylic acids is 4. The summed E-state index contributed by atoms with van der Waals surface area (Å²) in [4.78, 5) is 59.9. The Labute approximate surface area is 264 Å². The number of rotatable bonds is 12. The maximum absolute atomic E-state index is 14.2. The zero-order valence-corrected chi connectivity index (χ0v) is 28.9. The summed E-state index contributed by atoms with van der Waals surface area (Å²) in [5.74, 6) is 1.24. The summed E-state index contributed by atoms with van der Waals surface area (Å²) in [6.07, 6.45) is 6.77. The highest BCUT2D eigenvalue weighted by Gasteiger charge is 2.50. The lowest BCUT2D eigenvalue weighted by Gasteiger charge is -2.44. The largest absolute Gasteiger partial charge is 0.444 e. The third kappa shape index (κ3) is 11.6. The number of nitrogens with zero attached hydrogens (tertiary/aromatic N) is 2. The molecule has 43 heavy (non-hydrogen) atoms. The number of alkyl carbamates (subject to hydrolysis) is 2. The van der Waals surface area contributed by atoms with Gasteiger partial charge in [-0.05, 0) is 95.9 Å². The van der Waals surface area contributed by atoms with Crippen molar-refractivity contribution in [1.29, 1.82) is 0 Å². The Morgan fingerprint density at radius 3 is 2.21 bits per heavy atom. The zero-order valence-electron chi connectivity index (χ0n) is 27.3. The van der Waals surface area contributed by atoms with Crippen LogP contribution in [0.5, 0.6) is 0 Å². The van der Waals surface area contributed by atoms with Gasteiger partial charge in [0.1, 0.15) is 11.2 Å². The summed E-state index contributed by atoms with van der Waals surface area (Å²) in [5.41, 5.74) is -1.68. The van der Waals surface area contributed by atoms with Crippen molar-refractivity contribution in [3.8, 4) is 0 Å². The molecule has 3 atom stereocenters. The Balaban J connectivity index is 2.37. The predicted molar refractivity (Wildman–Crippen MR) is 177 cm³/mol. The Kier molecular flexibility index (Phi) is 14.3. The Morgan fingerprint density at radius 2 is 1.65 bits per heavy atom. The third-order valence-corrected chi connectivity index (χ3v) is 11.8. The minimum atomic E-state index is -1.04. The molecular formula is C30H53N5O6S2. The van der Waals surface area contributed by atoms with E-state index in [0.717, 1.165) is 56.5 Å². The zero-order chi connectivity index (χ0) is 32.3. The monoisotopic (exact) mass is 643 g/mol. The van der Waals surface area contributed by atoms with Crippen molar-refractivity contribution in [2.45, 2.75) is 122 Å². The van der Waals surface area contributed by atoms with E-state index in [9.17, 15) is 19.2 Å². The van der Waals surface area contributed by atoms with Crippen LogP contribution >= 0.6 is 22.2 Å². The highest BCUT2D eigenvalue weighted by molar-refractivity contribution is 8.28. The number of aliphatic imine (C=N–C) groups is 1. The molecular weight excluding hydrogens is 590 g/mol. The summed E-state index contributed by atoms with van der Waals surface area (Å²) in [6, 6.07) is -0.881. The minimum absolute atomic E-state index is 0.0395. The molecule has 1 saturated carbocycles. The number of thioether (sulfide) groups is 1. The number of amides is 4. The first-order valence-corrected chi connectivity index (χ1v) is 17.8. The molecule has 0 spiro atoms. The van der Waals surface area contributed by atoms with Crippen LogP contribution in [0.1, 0.15) is 100 Å². The fraction of sp³-hybridized carbons (Fsp3) is 0.800. The molecule has 3 N–H and O–H groups in total. The Bertz CT molecular complexity index is 1040. The van der Waals surface area contributed by atoms with Gasteiger partial charge in [-0.1, -0.05) is 13.8 Å². The molecule has 3 unspecified atom stereocenters. The number of hydrogen-bond donors (Lipinski definition) is 3. The lowest BCUT2D eigenvalue weighted by atomic mass is 10.1. The maximum atomic E-state index is 14.2. The van der Waals surface area contributed by atoms with E-state index < -0.39 is 44.1 Å². The van der Waals surface area contributed by atoms with E-state index >= 15 is 0 Å². The van der Waals surface area contributed by atoms with Gasteiger partial charge in [0.05, 0.1) is 12.9 Å². The normalized spacial score (nSPS) is 21.7. The van der Waals surface area contributed by atoms with E-state index in [2.05, 4.69) is 16.0 Å². The Morgan fingerprint density at radius 1 is 1.02 bits per heavy atom. The van der Waals surface area contributed by atoms with E-state index in [1.807, 2.05) is 18.7 Å². The lowest BCUT2D eigenvalue weighted by Crippen LogP contribution is -2.59. The van der Waals surface area contributed by atoms with Gasteiger partial charge in [-0.15, -0.1) is 22.2 Å². The third-order valence-electron chi connectivity index (χ3n) is 6.78. The first-order valence-electron chi connectivity index (χ1n) is 15.4. The first-order chi connectivity index (χ1) is 20.1. The molecule has 4 amide bonds. The fourth-order valence-electron chi connectivity index (χ4n) is 5.06. The van der Waals surface area contributed by atoms with Gasteiger partial charge < -0.3 is 25.0 Å². The van der Waals surface area contributed by atoms with Gasteiger partial charge in [0.25, 0.3) is 0 Å². The van der Waals surface area contributed by atoms with Crippen LogP contribution in [0.3, 0.4) is 0 Å². The van der Waals surface area contributed by atoms with Crippen LogP contribution in [0.2, 0.25) is 0 Å². The van der Waals surface area contributed by atoms with E-state index in [1.165, 1.54) is 18.1 Å². The number of ether oxygens (including phenoxy) is 2. The van der Waals surface area contributed by atoms with Gasteiger partial charge in [0.15, 0.2) is 10.2 Å². The molecule has 2 aliphatic rings. The van der Waals surface area contributed by atoms with Crippen molar-refractivity contribution in [1.82, 2.24) is 20.9 Å². The molecule has 13 heteroatoms. The summed E-state index contributed by atoms with van der Waals surface area (Å²) < 4.78 is 9.85. The standard InChI is InChI=1S/C30H53N5O6S2/c1-9-16-35(17-10-2)25(37)24(34-22(3)36)30(42-18-13-19-43(30)23-14-11-12-15-23)33-21-32-27(39)41-29(7,8)20-31-26(38)40-28(4,5)6/h21,24H,9-20H2,1-8H3,(H,31,38)(H,34,36)(H,32,33,39). The van der Waals surface area contributed by atoms with Crippen molar-refractivity contribution >= 4 is 57.4 Å². The highest BCUT2D eigenvalue weighted by Crippen LogP contribution is 2.53. The molecule has 1 heterocycles. The lowest BCUT2D eigenvalue weighted by molar-refractivity contribution is -0.136. The average Bonchev–Trinajstić information content (AvgIpc) is 3.44. The number of nitrogens with one attached hydrogen (secondary N) is 3. The molecule has 0 aromatic heterocycles. The predicted octanol–water partition coefficient (Wildman–Crippen LogP) is 5.00. The maximum Gasteiger partial charge on any atom is 0.412 e. The summed E-state index contributed by atoms with van der Waals surface area (Å²) in [6.45, 7) is 15.4. The van der Waals surface area contributed by atoms with E-state index in [4.69, 9.17) is 14.5 Å². The SMILES string of the molecule is CCCN(CCC)C(=O)C(NC(C)=O)C1(N=CNC(=O)OC(C)(C)CNC(=O)OC(C)(C)C)SCCCS1=C1CCCC1. The molecule has 0 bridgehead atoms. The summed E-state index contributed by atoms with van der Waals surface area (Å²) in [7, 11) is -0.393. The van der Waals surface area contributed by atoms with Gasteiger partial charge in [-0.2, -0.15) is 0 Å². The number of hydrogen-bond acceptors (Lipinski definition) is 8. The minimum Gasteiger partial charge on any atom is -0.444 e. The van der Waals surface area contributed by atoms with E-state index in [1.54, 1.807) is 46.4 Å². The van der Waals surface area contributed by atoms with Crippen molar-refractivity contribution in [3.05, 3.63) is 0 Å². The second-order valence-corrected chi connectivity index (χ2v) is 16.5. The topological polar surface area (TPSA) is 138 Å². The van der Waals surface area contributed by atoms with Crippen molar-refractivity contribution < 1.29 is 28.7 Å². The summed E-state index contributed by atoms with van der Waals surface area (Å²) >= 11 is 1.60. The molecule has 1 aliphatic heterocycles.